The molecule has 10 nitrogen and oxygen atoms in total. The number of hydrogen-bond donors (Lipinski definition) is 3. The van der Waals surface area contributed by atoms with Gasteiger partial charge in [0.05, 0.1) is 47.5 Å². The summed E-state index contributed by atoms with van der Waals surface area (Å²) >= 11 is 8.02. The van der Waals surface area contributed by atoms with E-state index in [4.69, 9.17) is 26.3 Å². The molecule has 0 unspecified atom stereocenters. The summed E-state index contributed by atoms with van der Waals surface area (Å²) in [6, 6.07) is 1.72. The van der Waals surface area contributed by atoms with E-state index >= 15 is 0 Å². The van der Waals surface area contributed by atoms with Gasteiger partial charge in [-0.3, -0.25) is 9.88 Å². The highest BCUT2D eigenvalue weighted by molar-refractivity contribution is 7.99. The van der Waals surface area contributed by atoms with Gasteiger partial charge in [-0.2, -0.15) is 0 Å². The summed E-state index contributed by atoms with van der Waals surface area (Å²) in [6.45, 7) is 10.3. The van der Waals surface area contributed by atoms with Crippen LogP contribution in [0.1, 0.15) is 50.7 Å². The Balaban J connectivity index is 1.31. The van der Waals surface area contributed by atoms with Crippen LogP contribution in [0, 0.1) is 12.3 Å². The molecule has 5 rings (SSSR count). The number of likely N-dealkylation sites (tertiary alicyclic amines) is 1. The van der Waals surface area contributed by atoms with Crippen molar-refractivity contribution in [3.63, 3.8) is 0 Å². The summed E-state index contributed by atoms with van der Waals surface area (Å²) in [5, 5.41) is 23.5. The molecule has 2 fully saturated rings. The van der Waals surface area contributed by atoms with E-state index in [-0.39, 0.29) is 29.7 Å². The fraction of sp³-hybridized carbons (Fsp3) is 0.556. The lowest BCUT2D eigenvalue weighted by atomic mass is 9.72. The predicted molar refractivity (Wildman–Crippen MR) is 148 cm³/mol. The highest BCUT2D eigenvalue weighted by atomic mass is 35.5. The Morgan fingerprint density at radius 2 is 2.03 bits per heavy atom. The number of aliphatic hydroxyl groups excluding tert-OH is 1. The molecule has 5 heterocycles. The van der Waals surface area contributed by atoms with Crippen molar-refractivity contribution in [2.75, 3.05) is 19.7 Å². The number of amides is 1. The number of nitrogens with zero attached hydrogens (tertiary/aromatic N) is 5. The smallest absolute Gasteiger partial charge is 0.404 e. The summed E-state index contributed by atoms with van der Waals surface area (Å²) in [7, 11) is 0. The van der Waals surface area contributed by atoms with Crippen LogP contribution < -0.4 is 5.32 Å². The molecule has 39 heavy (non-hydrogen) atoms. The van der Waals surface area contributed by atoms with Gasteiger partial charge >= 0.3 is 6.09 Å². The average Bonchev–Trinajstić information content (AvgIpc) is 3.48. The van der Waals surface area contributed by atoms with Crippen LogP contribution in [0.4, 0.5) is 4.79 Å². The largest absolute Gasteiger partial charge is 0.465 e. The van der Waals surface area contributed by atoms with Crippen LogP contribution in [0.5, 0.6) is 0 Å². The molecule has 0 radical (unpaired) electrons. The van der Waals surface area contributed by atoms with E-state index < -0.39 is 6.09 Å². The number of nitrogens with one attached hydrogen (secondary N) is 1. The van der Waals surface area contributed by atoms with Crippen molar-refractivity contribution >= 4 is 35.1 Å². The van der Waals surface area contributed by atoms with Gasteiger partial charge in [-0.05, 0) is 59.7 Å². The van der Waals surface area contributed by atoms with Crippen LogP contribution in [-0.4, -0.2) is 77.9 Å². The first-order chi connectivity index (χ1) is 18.5. The number of ether oxygens (including phenoxy) is 1. The van der Waals surface area contributed by atoms with Gasteiger partial charge in [0.25, 0.3) is 0 Å². The Labute approximate surface area is 237 Å². The molecule has 3 aromatic heterocycles. The molecule has 0 aliphatic carbocycles. The summed E-state index contributed by atoms with van der Waals surface area (Å²) in [4.78, 5) is 28.7. The number of carbonyl (C=O) groups is 1. The number of aliphatic hydroxyl groups is 1. The Morgan fingerprint density at radius 3 is 2.72 bits per heavy atom. The number of aryl methyl sites for hydroxylation is 1. The topological polar surface area (TPSA) is 125 Å². The van der Waals surface area contributed by atoms with Crippen LogP contribution in [-0.2, 0) is 17.8 Å². The summed E-state index contributed by atoms with van der Waals surface area (Å²) in [5.74, 6) is 0. The van der Waals surface area contributed by atoms with Crippen molar-refractivity contribution in [2.45, 2.75) is 81.2 Å². The van der Waals surface area contributed by atoms with Gasteiger partial charge in [-0.15, -0.1) is 0 Å². The Bertz CT molecular complexity index is 1370. The van der Waals surface area contributed by atoms with E-state index in [9.17, 15) is 15.0 Å². The van der Waals surface area contributed by atoms with Crippen molar-refractivity contribution in [2.24, 2.45) is 5.41 Å². The van der Waals surface area contributed by atoms with Crippen LogP contribution >= 0.6 is 23.4 Å². The molecule has 2 saturated heterocycles. The monoisotopic (exact) mass is 574 g/mol. The van der Waals surface area contributed by atoms with E-state index in [1.54, 1.807) is 6.20 Å². The van der Waals surface area contributed by atoms with E-state index in [2.05, 4.69) is 29.0 Å². The quantitative estimate of drug-likeness (QED) is 0.381. The molecule has 12 heteroatoms. The van der Waals surface area contributed by atoms with Gasteiger partial charge in [0.1, 0.15) is 5.03 Å². The van der Waals surface area contributed by atoms with Crippen molar-refractivity contribution in [1.29, 1.82) is 0 Å². The van der Waals surface area contributed by atoms with Crippen molar-refractivity contribution in [3.8, 4) is 0 Å². The Kier molecular flexibility index (Phi) is 7.82. The SMILES string of the molecule is Cc1nc(CC(C)(C)N2CCC3(CC2)CO[C@@H](C)[C@H]3NC(=O)O)c(CO)nc1Sc1ccn2ccnc2c1Cl. The molecule has 0 bridgehead atoms. The van der Waals surface area contributed by atoms with Gasteiger partial charge in [0, 0.05) is 40.9 Å². The molecule has 2 aliphatic heterocycles. The molecule has 1 amide bonds. The number of carboxylic acid groups (broad SMARTS) is 1. The number of piperidine rings is 1. The number of imidazole rings is 1. The molecule has 1 spiro atoms. The zero-order chi connectivity index (χ0) is 27.9. The number of pyridine rings is 1. The van der Waals surface area contributed by atoms with Crippen molar-refractivity contribution in [3.05, 3.63) is 46.8 Å². The molecule has 0 saturated carbocycles. The van der Waals surface area contributed by atoms with Gasteiger partial charge in [-0.1, -0.05) is 23.4 Å². The summed E-state index contributed by atoms with van der Waals surface area (Å²) < 4.78 is 7.75. The molecule has 3 N–H and O–H groups in total. The number of hydrogen-bond acceptors (Lipinski definition) is 8. The molecule has 210 valence electrons. The highest BCUT2D eigenvalue weighted by Crippen LogP contribution is 2.44. The third kappa shape index (κ3) is 5.47. The van der Waals surface area contributed by atoms with E-state index in [1.807, 2.05) is 36.7 Å². The normalized spacial score (nSPS) is 21.6. The van der Waals surface area contributed by atoms with E-state index in [1.165, 1.54) is 11.8 Å². The zero-order valence-corrected chi connectivity index (χ0v) is 24.2. The lowest BCUT2D eigenvalue weighted by molar-refractivity contribution is 0.0186. The van der Waals surface area contributed by atoms with Crippen LogP contribution in [0.3, 0.4) is 0 Å². The van der Waals surface area contributed by atoms with Gasteiger partial charge in [0.15, 0.2) is 5.65 Å². The Hall–Kier alpha value is -2.44. The standard InChI is InChI=1S/C27H35ClN6O4S/c1-16-24(39-20-5-9-33-12-8-29-23(33)21(20)28)31-19(14-35)18(30-16)13-26(3,4)34-10-6-27(7-11-34)15-38-17(2)22(27)32-25(36)37/h5,8-9,12,17,22,32,35H,6-7,10-11,13-15H2,1-4H3,(H,36,37)/t17-,22+/m0/s1. The third-order valence-corrected chi connectivity index (χ3v) is 9.89. The van der Waals surface area contributed by atoms with Crippen LogP contribution in [0.15, 0.2) is 34.6 Å². The average molecular weight is 575 g/mol. The van der Waals surface area contributed by atoms with E-state index in [0.717, 1.165) is 42.2 Å². The van der Waals surface area contributed by atoms with Crippen molar-refractivity contribution < 1.29 is 19.7 Å². The maximum absolute atomic E-state index is 11.4. The number of halogens is 1. The van der Waals surface area contributed by atoms with Gasteiger partial charge < -0.3 is 24.7 Å². The lowest BCUT2D eigenvalue weighted by Crippen LogP contribution is -2.57. The third-order valence-electron chi connectivity index (χ3n) is 8.26. The molecular weight excluding hydrogens is 540 g/mol. The maximum atomic E-state index is 11.4. The maximum Gasteiger partial charge on any atom is 0.404 e. The van der Waals surface area contributed by atoms with Crippen molar-refractivity contribution in [1.82, 2.24) is 29.6 Å². The number of rotatable bonds is 7. The minimum Gasteiger partial charge on any atom is -0.465 e. The minimum absolute atomic E-state index is 0.140. The second kappa shape index (κ2) is 10.9. The summed E-state index contributed by atoms with van der Waals surface area (Å²) in [5.41, 5.74) is 2.38. The fourth-order valence-corrected chi connectivity index (χ4v) is 7.18. The first-order valence-electron chi connectivity index (χ1n) is 13.2. The molecule has 3 aromatic rings. The number of aromatic nitrogens is 4. The van der Waals surface area contributed by atoms with Gasteiger partial charge in [0.2, 0.25) is 0 Å². The first kappa shape index (κ1) is 28.1. The first-order valence-corrected chi connectivity index (χ1v) is 14.3. The van der Waals surface area contributed by atoms with Gasteiger partial charge in [-0.25, -0.2) is 14.8 Å². The second-order valence-corrected chi connectivity index (χ2v) is 12.6. The Morgan fingerprint density at radius 1 is 1.28 bits per heavy atom. The highest BCUT2D eigenvalue weighted by Gasteiger charge is 2.51. The summed E-state index contributed by atoms with van der Waals surface area (Å²) in [6.07, 6.45) is 6.63. The molecular formula is C27H35ClN6O4S. The second-order valence-electron chi connectivity index (χ2n) is 11.2. The molecule has 2 aliphatic rings. The lowest BCUT2D eigenvalue weighted by Gasteiger charge is -2.48. The van der Waals surface area contributed by atoms with Crippen LogP contribution in [0.2, 0.25) is 5.02 Å². The molecule has 0 aromatic carbocycles. The zero-order valence-electron chi connectivity index (χ0n) is 22.6. The molecule has 2 atom stereocenters. The van der Waals surface area contributed by atoms with E-state index in [0.29, 0.717) is 34.4 Å². The van der Waals surface area contributed by atoms with Crippen LogP contribution in [0.25, 0.3) is 5.65 Å². The fourth-order valence-electron chi connectivity index (χ4n) is 5.98. The predicted octanol–water partition coefficient (Wildman–Crippen LogP) is 4.19. The number of fused-ring (bicyclic) bond motifs is 1. The minimum atomic E-state index is -1.00.